The van der Waals surface area contributed by atoms with E-state index in [2.05, 4.69) is 25.7 Å². The number of rotatable bonds is 6. The molecule has 0 aliphatic heterocycles. The molecule has 7 heteroatoms. The Kier molecular flexibility index (Phi) is 5.05. The van der Waals surface area contributed by atoms with Gasteiger partial charge in [0.25, 0.3) is 0 Å². The van der Waals surface area contributed by atoms with Crippen LogP contribution in [0.2, 0.25) is 0 Å². The molecule has 0 saturated heterocycles. The molecule has 0 saturated carbocycles. The van der Waals surface area contributed by atoms with Crippen molar-refractivity contribution in [2.45, 2.75) is 25.9 Å². The Labute approximate surface area is 117 Å². The summed E-state index contributed by atoms with van der Waals surface area (Å²) >= 11 is 0. The van der Waals surface area contributed by atoms with E-state index in [1.807, 2.05) is 19.1 Å². The normalized spacial score (nSPS) is 11.8. The summed E-state index contributed by atoms with van der Waals surface area (Å²) in [5, 5.41) is 9.69. The molecule has 2 amide bonds. The number of carbonyl (C=O) groups is 1. The van der Waals surface area contributed by atoms with E-state index >= 15 is 0 Å². The first-order chi connectivity index (χ1) is 9.75. The highest BCUT2D eigenvalue weighted by atomic mass is 16.2. The van der Waals surface area contributed by atoms with Crippen molar-refractivity contribution in [2.24, 2.45) is 0 Å². The Hall–Kier alpha value is -2.44. The molecule has 0 fully saturated rings. The second kappa shape index (κ2) is 7.22. The summed E-state index contributed by atoms with van der Waals surface area (Å²) in [6.45, 7) is 3.26. The van der Waals surface area contributed by atoms with Gasteiger partial charge >= 0.3 is 6.03 Å². The van der Waals surface area contributed by atoms with Crippen molar-refractivity contribution in [1.82, 2.24) is 30.4 Å². The number of nitrogens with one attached hydrogen (secondary N) is 2. The number of hydrogen-bond acceptors (Lipinski definition) is 4. The average molecular weight is 274 g/mol. The van der Waals surface area contributed by atoms with Gasteiger partial charge in [-0.3, -0.25) is 9.67 Å². The fourth-order valence-electron chi connectivity index (χ4n) is 1.77. The van der Waals surface area contributed by atoms with Gasteiger partial charge in [0.1, 0.15) is 12.7 Å². The van der Waals surface area contributed by atoms with Gasteiger partial charge in [-0.2, -0.15) is 5.10 Å². The van der Waals surface area contributed by atoms with Crippen LogP contribution >= 0.6 is 0 Å². The summed E-state index contributed by atoms with van der Waals surface area (Å²) in [7, 11) is 0. The number of carbonyl (C=O) groups excluding carboxylic acids is 1. The summed E-state index contributed by atoms with van der Waals surface area (Å²) in [6.07, 6.45) is 7.38. The smallest absolute Gasteiger partial charge is 0.315 e. The van der Waals surface area contributed by atoms with Crippen LogP contribution in [0.4, 0.5) is 4.79 Å². The molecule has 0 aliphatic carbocycles. The maximum absolute atomic E-state index is 11.7. The fraction of sp³-hybridized carbons (Fsp3) is 0.385. The van der Waals surface area contributed by atoms with E-state index in [0.29, 0.717) is 6.54 Å². The minimum absolute atomic E-state index is 0.0479. The minimum atomic E-state index is -0.173. The van der Waals surface area contributed by atoms with Gasteiger partial charge in [-0.25, -0.2) is 9.78 Å². The molecule has 2 N–H and O–H groups in total. The van der Waals surface area contributed by atoms with E-state index in [0.717, 1.165) is 18.5 Å². The molecule has 2 aromatic heterocycles. The molecule has 0 unspecified atom stereocenters. The SMILES string of the molecule is C[C@@H](NC(=O)NCCCn1cncn1)c1ccncc1. The van der Waals surface area contributed by atoms with E-state index < -0.39 is 0 Å². The molecule has 2 heterocycles. The van der Waals surface area contributed by atoms with Gasteiger partial charge < -0.3 is 10.6 Å². The van der Waals surface area contributed by atoms with Crippen molar-refractivity contribution >= 4 is 6.03 Å². The molecular formula is C13H18N6O. The second-order valence-corrected chi connectivity index (χ2v) is 4.41. The van der Waals surface area contributed by atoms with Crippen LogP contribution in [-0.4, -0.2) is 32.3 Å². The van der Waals surface area contributed by atoms with Gasteiger partial charge in [-0.15, -0.1) is 0 Å². The molecule has 7 nitrogen and oxygen atoms in total. The van der Waals surface area contributed by atoms with Gasteiger partial charge in [0.15, 0.2) is 0 Å². The predicted octanol–water partition coefficient (Wildman–Crippen LogP) is 1.12. The molecule has 20 heavy (non-hydrogen) atoms. The third kappa shape index (κ3) is 4.34. The molecule has 2 aromatic rings. The summed E-state index contributed by atoms with van der Waals surface area (Å²) in [6, 6.07) is 3.55. The lowest BCUT2D eigenvalue weighted by atomic mass is 10.1. The van der Waals surface area contributed by atoms with Crippen LogP contribution in [0.1, 0.15) is 24.9 Å². The minimum Gasteiger partial charge on any atom is -0.338 e. The van der Waals surface area contributed by atoms with Crippen molar-refractivity contribution in [2.75, 3.05) is 6.54 Å². The number of aromatic nitrogens is 4. The number of hydrogen-bond donors (Lipinski definition) is 2. The average Bonchev–Trinajstić information content (AvgIpc) is 2.98. The Morgan fingerprint density at radius 3 is 2.85 bits per heavy atom. The summed E-state index contributed by atoms with van der Waals surface area (Å²) in [5.74, 6) is 0. The first-order valence-corrected chi connectivity index (χ1v) is 6.52. The zero-order valence-electron chi connectivity index (χ0n) is 11.4. The van der Waals surface area contributed by atoms with Crippen molar-refractivity contribution in [1.29, 1.82) is 0 Å². The standard InChI is InChI=1S/C13H18N6O/c1-11(12-3-6-14-7-4-12)18-13(20)16-5-2-8-19-10-15-9-17-19/h3-4,6-7,9-11H,2,5,8H2,1H3,(H2,16,18,20)/t11-/m1/s1. The van der Waals surface area contributed by atoms with Gasteiger partial charge in [0, 0.05) is 25.5 Å². The van der Waals surface area contributed by atoms with Crippen LogP contribution in [0.5, 0.6) is 0 Å². The van der Waals surface area contributed by atoms with Crippen LogP contribution < -0.4 is 10.6 Å². The number of amides is 2. The quantitative estimate of drug-likeness (QED) is 0.773. The highest BCUT2D eigenvalue weighted by Crippen LogP contribution is 2.09. The topological polar surface area (TPSA) is 84.7 Å². The Balaban J connectivity index is 1.65. The van der Waals surface area contributed by atoms with Gasteiger partial charge in [0.05, 0.1) is 6.04 Å². The van der Waals surface area contributed by atoms with E-state index in [1.165, 1.54) is 6.33 Å². The first kappa shape index (κ1) is 14.0. The number of pyridine rings is 1. The highest BCUT2D eigenvalue weighted by molar-refractivity contribution is 5.74. The first-order valence-electron chi connectivity index (χ1n) is 6.52. The third-order valence-electron chi connectivity index (χ3n) is 2.87. The zero-order valence-corrected chi connectivity index (χ0v) is 11.4. The maximum atomic E-state index is 11.7. The zero-order chi connectivity index (χ0) is 14.2. The lowest BCUT2D eigenvalue weighted by molar-refractivity contribution is 0.237. The monoisotopic (exact) mass is 274 g/mol. The van der Waals surface area contributed by atoms with Crippen LogP contribution in [0.15, 0.2) is 37.2 Å². The molecule has 0 aliphatic rings. The van der Waals surface area contributed by atoms with Crippen molar-refractivity contribution in [3.63, 3.8) is 0 Å². The number of urea groups is 1. The van der Waals surface area contributed by atoms with E-state index in [4.69, 9.17) is 0 Å². The van der Waals surface area contributed by atoms with Crippen molar-refractivity contribution in [3.05, 3.63) is 42.7 Å². The van der Waals surface area contributed by atoms with E-state index in [9.17, 15) is 4.79 Å². The molecular weight excluding hydrogens is 256 g/mol. The number of nitrogens with zero attached hydrogens (tertiary/aromatic N) is 4. The van der Waals surface area contributed by atoms with Crippen LogP contribution in [-0.2, 0) is 6.54 Å². The summed E-state index contributed by atoms with van der Waals surface area (Å²) in [5.41, 5.74) is 1.03. The van der Waals surface area contributed by atoms with Crippen molar-refractivity contribution in [3.8, 4) is 0 Å². The van der Waals surface area contributed by atoms with Gasteiger partial charge in [-0.05, 0) is 31.0 Å². The number of aryl methyl sites for hydroxylation is 1. The largest absolute Gasteiger partial charge is 0.338 e. The third-order valence-corrected chi connectivity index (χ3v) is 2.87. The van der Waals surface area contributed by atoms with Crippen LogP contribution in [0.3, 0.4) is 0 Å². The molecule has 0 spiro atoms. The molecule has 1 atom stereocenters. The molecule has 2 rings (SSSR count). The highest BCUT2D eigenvalue weighted by Gasteiger charge is 2.08. The molecule has 0 bridgehead atoms. The Bertz CT molecular complexity index is 513. The maximum Gasteiger partial charge on any atom is 0.315 e. The summed E-state index contributed by atoms with van der Waals surface area (Å²) in [4.78, 5) is 19.5. The predicted molar refractivity (Wildman–Crippen MR) is 73.8 cm³/mol. The lowest BCUT2D eigenvalue weighted by Crippen LogP contribution is -2.37. The lowest BCUT2D eigenvalue weighted by Gasteiger charge is -2.14. The van der Waals surface area contributed by atoms with Crippen LogP contribution in [0, 0.1) is 0 Å². The molecule has 0 aromatic carbocycles. The van der Waals surface area contributed by atoms with E-state index in [-0.39, 0.29) is 12.1 Å². The Morgan fingerprint density at radius 1 is 1.35 bits per heavy atom. The Morgan fingerprint density at radius 2 is 2.15 bits per heavy atom. The van der Waals surface area contributed by atoms with Crippen molar-refractivity contribution < 1.29 is 4.79 Å². The van der Waals surface area contributed by atoms with Gasteiger partial charge in [0.2, 0.25) is 0 Å². The van der Waals surface area contributed by atoms with E-state index in [1.54, 1.807) is 23.4 Å². The molecule has 0 radical (unpaired) electrons. The van der Waals surface area contributed by atoms with Crippen LogP contribution in [0.25, 0.3) is 0 Å². The van der Waals surface area contributed by atoms with Gasteiger partial charge in [-0.1, -0.05) is 0 Å². The fourth-order valence-corrected chi connectivity index (χ4v) is 1.77. The molecule has 106 valence electrons. The second-order valence-electron chi connectivity index (χ2n) is 4.41. The summed E-state index contributed by atoms with van der Waals surface area (Å²) < 4.78 is 1.74.